The van der Waals surface area contributed by atoms with E-state index < -0.39 is 0 Å². The van der Waals surface area contributed by atoms with Crippen LogP contribution < -0.4 is 15.0 Å². The van der Waals surface area contributed by atoms with E-state index >= 15 is 0 Å². The highest BCUT2D eigenvalue weighted by Gasteiger charge is 2.18. The van der Waals surface area contributed by atoms with Crippen molar-refractivity contribution < 1.29 is 4.74 Å². The Hall–Kier alpha value is -2.14. The third kappa shape index (κ3) is 3.20. The second-order valence-electron chi connectivity index (χ2n) is 5.55. The number of methoxy groups -OCH3 is 1. The quantitative estimate of drug-likeness (QED) is 0.933. The average Bonchev–Trinajstić information content (AvgIpc) is 2.80. The van der Waals surface area contributed by atoms with Crippen LogP contribution in [0.1, 0.15) is 16.8 Å². The molecule has 116 valence electrons. The molecule has 0 radical (unpaired) electrons. The number of hydrogen-bond acceptors (Lipinski definition) is 5. The van der Waals surface area contributed by atoms with Crippen LogP contribution in [0, 0.1) is 0 Å². The molecule has 0 unspecified atom stereocenters. The summed E-state index contributed by atoms with van der Waals surface area (Å²) in [5.74, 6) is 1.44. The molecule has 22 heavy (non-hydrogen) atoms. The predicted octanol–water partition coefficient (Wildman–Crippen LogP) is 1.81. The lowest BCUT2D eigenvalue weighted by atomic mass is 10.1. The number of nitrogens with one attached hydrogen (secondary N) is 1. The first-order valence-electron chi connectivity index (χ1n) is 7.67. The highest BCUT2D eigenvalue weighted by atomic mass is 16.5. The second-order valence-corrected chi connectivity index (χ2v) is 5.55. The number of ether oxygens (including phenoxy) is 1. The van der Waals surface area contributed by atoms with Gasteiger partial charge < -0.3 is 15.0 Å². The van der Waals surface area contributed by atoms with Gasteiger partial charge in [0.1, 0.15) is 0 Å². The van der Waals surface area contributed by atoms with Gasteiger partial charge in [0.25, 0.3) is 0 Å². The summed E-state index contributed by atoms with van der Waals surface area (Å²) in [4.78, 5) is 11.4. The molecule has 5 heteroatoms. The van der Waals surface area contributed by atoms with E-state index in [4.69, 9.17) is 9.72 Å². The van der Waals surface area contributed by atoms with Gasteiger partial charge in [-0.05, 0) is 18.5 Å². The van der Waals surface area contributed by atoms with Gasteiger partial charge in [0.05, 0.1) is 12.8 Å². The Balaban J connectivity index is 1.88. The molecule has 2 aromatic rings. The van der Waals surface area contributed by atoms with Crippen LogP contribution >= 0.6 is 0 Å². The molecule has 0 atom stereocenters. The second kappa shape index (κ2) is 6.75. The van der Waals surface area contributed by atoms with Crippen molar-refractivity contribution in [2.45, 2.75) is 19.4 Å². The Bertz CT molecular complexity index is 630. The Morgan fingerprint density at radius 2 is 1.91 bits per heavy atom. The first-order valence-corrected chi connectivity index (χ1v) is 7.67. The van der Waals surface area contributed by atoms with E-state index in [1.165, 1.54) is 5.56 Å². The highest BCUT2D eigenvalue weighted by Crippen LogP contribution is 2.24. The average molecular weight is 298 g/mol. The molecule has 5 nitrogen and oxygen atoms in total. The summed E-state index contributed by atoms with van der Waals surface area (Å²) >= 11 is 0. The maximum Gasteiger partial charge on any atom is 0.228 e. The summed E-state index contributed by atoms with van der Waals surface area (Å²) in [6, 6.07) is 10.3. The molecule has 2 heterocycles. The smallest absolute Gasteiger partial charge is 0.228 e. The first-order chi connectivity index (χ1) is 10.8. The zero-order chi connectivity index (χ0) is 15.4. The minimum atomic E-state index is 0.712. The standard InChI is InChI=1S/C17H22N4O/c1-21(12-13-6-4-3-5-7-13)17-19-15-9-11-18-10-8-14(15)16(20-17)22-2/h3-7,18H,8-12H2,1-2H3. The molecule has 1 aliphatic rings. The fraction of sp³-hybridized carbons (Fsp3) is 0.412. The van der Waals surface area contributed by atoms with Crippen LogP contribution in [0.5, 0.6) is 5.88 Å². The van der Waals surface area contributed by atoms with Gasteiger partial charge in [-0.2, -0.15) is 4.98 Å². The zero-order valence-corrected chi connectivity index (χ0v) is 13.2. The van der Waals surface area contributed by atoms with Crippen molar-refractivity contribution in [3.05, 3.63) is 47.2 Å². The summed E-state index contributed by atoms with van der Waals surface area (Å²) in [5.41, 5.74) is 3.49. The fourth-order valence-corrected chi connectivity index (χ4v) is 2.77. The van der Waals surface area contributed by atoms with Crippen molar-refractivity contribution in [1.29, 1.82) is 0 Å². The van der Waals surface area contributed by atoms with Gasteiger partial charge in [-0.15, -0.1) is 0 Å². The van der Waals surface area contributed by atoms with Gasteiger partial charge in [-0.3, -0.25) is 0 Å². The van der Waals surface area contributed by atoms with Gasteiger partial charge >= 0.3 is 0 Å². The molecule has 1 aliphatic heterocycles. The van der Waals surface area contributed by atoms with Gasteiger partial charge in [-0.1, -0.05) is 30.3 Å². The number of fused-ring (bicyclic) bond motifs is 1. The van der Waals surface area contributed by atoms with E-state index in [-0.39, 0.29) is 0 Å². The van der Waals surface area contributed by atoms with Crippen molar-refractivity contribution in [1.82, 2.24) is 15.3 Å². The van der Waals surface area contributed by atoms with Crippen LogP contribution in [0.25, 0.3) is 0 Å². The zero-order valence-electron chi connectivity index (χ0n) is 13.2. The van der Waals surface area contributed by atoms with Gasteiger partial charge in [-0.25, -0.2) is 4.98 Å². The van der Waals surface area contributed by atoms with E-state index in [1.807, 2.05) is 25.2 Å². The van der Waals surface area contributed by atoms with Crippen LogP contribution in [0.3, 0.4) is 0 Å². The molecular weight excluding hydrogens is 276 g/mol. The number of nitrogens with zero attached hydrogens (tertiary/aromatic N) is 3. The van der Waals surface area contributed by atoms with Crippen molar-refractivity contribution >= 4 is 5.95 Å². The maximum absolute atomic E-state index is 5.50. The Morgan fingerprint density at radius 3 is 2.68 bits per heavy atom. The van der Waals surface area contributed by atoms with Crippen LogP contribution in [0.2, 0.25) is 0 Å². The lowest BCUT2D eigenvalue weighted by Crippen LogP contribution is -2.21. The molecule has 0 saturated carbocycles. The van der Waals surface area contributed by atoms with E-state index in [1.54, 1.807) is 7.11 Å². The van der Waals surface area contributed by atoms with Crippen molar-refractivity contribution in [2.24, 2.45) is 0 Å². The van der Waals surface area contributed by atoms with E-state index in [9.17, 15) is 0 Å². The predicted molar refractivity (Wildman–Crippen MR) is 87.4 cm³/mol. The van der Waals surface area contributed by atoms with Gasteiger partial charge in [0, 0.05) is 32.1 Å². The lowest BCUT2D eigenvalue weighted by Gasteiger charge is -2.20. The number of anilines is 1. The molecule has 0 saturated heterocycles. The largest absolute Gasteiger partial charge is 0.481 e. The summed E-state index contributed by atoms with van der Waals surface area (Å²) in [7, 11) is 3.70. The molecule has 3 rings (SSSR count). The highest BCUT2D eigenvalue weighted by molar-refractivity contribution is 5.41. The van der Waals surface area contributed by atoms with Crippen LogP contribution in [-0.4, -0.2) is 37.2 Å². The maximum atomic E-state index is 5.50. The third-order valence-electron chi connectivity index (χ3n) is 3.93. The summed E-state index contributed by atoms with van der Waals surface area (Å²) in [6.45, 7) is 2.68. The summed E-state index contributed by atoms with van der Waals surface area (Å²) in [6.07, 6.45) is 1.83. The molecule has 0 bridgehead atoms. The molecule has 0 fully saturated rings. The Labute approximate surface area is 131 Å². The molecular formula is C17H22N4O. The summed E-state index contributed by atoms with van der Waals surface area (Å²) in [5, 5.41) is 3.40. The molecule has 0 aliphatic carbocycles. The topological polar surface area (TPSA) is 50.3 Å². The van der Waals surface area contributed by atoms with Crippen molar-refractivity contribution in [3.8, 4) is 5.88 Å². The molecule has 1 aromatic heterocycles. The van der Waals surface area contributed by atoms with E-state index in [2.05, 4.69) is 27.3 Å². The van der Waals surface area contributed by atoms with E-state index in [0.29, 0.717) is 5.88 Å². The molecule has 0 amide bonds. The third-order valence-corrected chi connectivity index (χ3v) is 3.93. The molecule has 1 aromatic carbocycles. The first kappa shape index (κ1) is 14.8. The monoisotopic (exact) mass is 298 g/mol. The Kier molecular flexibility index (Phi) is 4.53. The lowest BCUT2D eigenvalue weighted by molar-refractivity contribution is 0.390. The Morgan fingerprint density at radius 1 is 1.14 bits per heavy atom. The fourth-order valence-electron chi connectivity index (χ4n) is 2.77. The van der Waals surface area contributed by atoms with E-state index in [0.717, 1.165) is 49.7 Å². The van der Waals surface area contributed by atoms with Crippen molar-refractivity contribution in [3.63, 3.8) is 0 Å². The molecule has 0 spiro atoms. The minimum absolute atomic E-state index is 0.712. The van der Waals surface area contributed by atoms with Gasteiger partial charge in [0.15, 0.2) is 0 Å². The van der Waals surface area contributed by atoms with Crippen LogP contribution in [0.15, 0.2) is 30.3 Å². The van der Waals surface area contributed by atoms with Crippen molar-refractivity contribution in [2.75, 3.05) is 32.1 Å². The SMILES string of the molecule is COc1nc(N(C)Cc2ccccc2)nc2c1CCNCC2. The minimum Gasteiger partial charge on any atom is -0.481 e. The number of aromatic nitrogens is 2. The number of rotatable bonds is 4. The summed E-state index contributed by atoms with van der Waals surface area (Å²) < 4.78 is 5.50. The van der Waals surface area contributed by atoms with Crippen LogP contribution in [0.4, 0.5) is 5.95 Å². The van der Waals surface area contributed by atoms with Gasteiger partial charge in [0.2, 0.25) is 11.8 Å². The number of benzene rings is 1. The van der Waals surface area contributed by atoms with Crippen LogP contribution in [-0.2, 0) is 19.4 Å². The molecule has 1 N–H and O–H groups in total. The normalized spacial score (nSPS) is 14.1. The number of hydrogen-bond donors (Lipinski definition) is 1.